The summed E-state index contributed by atoms with van der Waals surface area (Å²) < 4.78 is 19.2. The molecule has 164 valence electrons. The van der Waals surface area contributed by atoms with Crippen LogP contribution in [-0.2, 0) is 6.42 Å². The first-order valence-corrected chi connectivity index (χ1v) is 10.6. The summed E-state index contributed by atoms with van der Waals surface area (Å²) in [6.45, 7) is 4.86. The zero-order chi connectivity index (χ0) is 22.2. The van der Waals surface area contributed by atoms with E-state index < -0.39 is 5.60 Å². The maximum atomic E-state index is 13.2. The number of aromatic nitrogens is 3. The number of anilines is 2. The minimum Gasteiger partial charge on any atom is -0.489 e. The summed E-state index contributed by atoms with van der Waals surface area (Å²) in [5, 5.41) is 10.3. The van der Waals surface area contributed by atoms with Gasteiger partial charge in [-0.15, -0.1) is 0 Å². The summed E-state index contributed by atoms with van der Waals surface area (Å²) in [7, 11) is 0. The third-order valence-electron chi connectivity index (χ3n) is 5.16. The summed E-state index contributed by atoms with van der Waals surface area (Å²) in [4.78, 5) is 15.7. The Hall–Kier alpha value is -2.71. The molecule has 3 aromatic rings. The molecule has 0 bridgehead atoms. The highest BCUT2D eigenvalue weighted by molar-refractivity contribution is 6.32. The highest BCUT2D eigenvalue weighted by Gasteiger charge is 2.24. The van der Waals surface area contributed by atoms with Crippen LogP contribution in [0.4, 0.5) is 16.0 Å². The highest BCUT2D eigenvalue weighted by atomic mass is 35.5. The van der Waals surface area contributed by atoms with Gasteiger partial charge in [-0.3, -0.25) is 4.98 Å². The van der Waals surface area contributed by atoms with Gasteiger partial charge in [-0.25, -0.2) is 14.4 Å². The molecule has 0 atom stereocenters. The lowest BCUT2D eigenvalue weighted by atomic mass is 10.0. The number of halogens is 2. The molecule has 1 aliphatic rings. The van der Waals surface area contributed by atoms with E-state index in [-0.39, 0.29) is 16.9 Å². The molecule has 1 aliphatic heterocycles. The van der Waals surface area contributed by atoms with E-state index in [1.165, 1.54) is 12.1 Å². The molecule has 2 aromatic heterocycles. The van der Waals surface area contributed by atoms with Gasteiger partial charge in [0.25, 0.3) is 0 Å². The Labute approximate surface area is 185 Å². The molecule has 1 saturated heterocycles. The van der Waals surface area contributed by atoms with Crippen molar-refractivity contribution in [2.45, 2.75) is 44.8 Å². The SMILES string of the molecule is CC(C)(O)Cc1cc2nc(N)c(N3CCC(Oc4ccc(F)cc4Cl)CC3)nc2cn1. The number of pyridine rings is 1. The number of aliphatic hydroxyl groups is 1. The second kappa shape index (κ2) is 8.43. The van der Waals surface area contributed by atoms with Gasteiger partial charge in [0, 0.05) is 38.0 Å². The van der Waals surface area contributed by atoms with Crippen LogP contribution in [0.1, 0.15) is 32.4 Å². The Bertz CT molecular complexity index is 1100. The van der Waals surface area contributed by atoms with Gasteiger partial charge >= 0.3 is 0 Å². The van der Waals surface area contributed by atoms with Crippen molar-refractivity contribution in [2.24, 2.45) is 0 Å². The van der Waals surface area contributed by atoms with Crippen molar-refractivity contribution >= 4 is 34.3 Å². The molecule has 9 heteroatoms. The normalized spacial score (nSPS) is 15.5. The van der Waals surface area contributed by atoms with Crippen LogP contribution in [-0.4, -0.2) is 44.9 Å². The fourth-order valence-corrected chi connectivity index (χ4v) is 3.93. The van der Waals surface area contributed by atoms with Gasteiger partial charge in [-0.05, 0) is 38.1 Å². The zero-order valence-corrected chi connectivity index (χ0v) is 18.2. The standard InChI is InChI=1S/C22H25ClFN5O2/c1-22(2,30)11-14-10-17-18(12-26-14)28-21(20(25)27-17)29-7-5-15(6-8-29)31-19-4-3-13(24)9-16(19)23/h3-4,9-10,12,15,30H,5-8,11H2,1-2H3,(H2,25,27). The minimum atomic E-state index is -0.857. The monoisotopic (exact) mass is 445 g/mol. The summed E-state index contributed by atoms with van der Waals surface area (Å²) in [5.74, 6) is 1.08. The predicted molar refractivity (Wildman–Crippen MR) is 119 cm³/mol. The average Bonchev–Trinajstić information content (AvgIpc) is 2.69. The Balaban J connectivity index is 1.45. The van der Waals surface area contributed by atoms with E-state index in [9.17, 15) is 9.50 Å². The summed E-state index contributed by atoms with van der Waals surface area (Å²) in [6, 6.07) is 5.95. The lowest BCUT2D eigenvalue weighted by Crippen LogP contribution is -2.39. The Morgan fingerprint density at radius 2 is 1.97 bits per heavy atom. The number of benzene rings is 1. The summed E-state index contributed by atoms with van der Waals surface area (Å²) in [5.41, 5.74) is 7.40. The van der Waals surface area contributed by atoms with E-state index in [0.29, 0.717) is 47.9 Å². The fourth-order valence-electron chi connectivity index (χ4n) is 3.71. The van der Waals surface area contributed by atoms with Crippen LogP contribution in [0.25, 0.3) is 11.0 Å². The van der Waals surface area contributed by atoms with Crippen molar-refractivity contribution in [2.75, 3.05) is 23.7 Å². The third kappa shape index (κ3) is 5.14. The molecule has 1 fully saturated rings. The maximum Gasteiger partial charge on any atom is 0.172 e. The maximum absolute atomic E-state index is 13.2. The van der Waals surface area contributed by atoms with Gasteiger partial charge in [0.15, 0.2) is 11.6 Å². The van der Waals surface area contributed by atoms with Crippen LogP contribution in [0.3, 0.4) is 0 Å². The second-order valence-corrected chi connectivity index (χ2v) is 8.87. The molecule has 31 heavy (non-hydrogen) atoms. The van der Waals surface area contributed by atoms with Crippen molar-refractivity contribution in [3.8, 4) is 5.75 Å². The molecule has 4 rings (SSSR count). The Morgan fingerprint density at radius 1 is 1.23 bits per heavy atom. The first kappa shape index (κ1) is 21.5. The van der Waals surface area contributed by atoms with Gasteiger partial charge in [-0.1, -0.05) is 11.6 Å². The number of nitrogen functional groups attached to an aromatic ring is 1. The number of piperidine rings is 1. The van der Waals surface area contributed by atoms with Crippen LogP contribution in [0, 0.1) is 5.82 Å². The zero-order valence-electron chi connectivity index (χ0n) is 17.5. The number of hydrogen-bond acceptors (Lipinski definition) is 7. The van der Waals surface area contributed by atoms with Crippen molar-refractivity contribution in [3.63, 3.8) is 0 Å². The van der Waals surface area contributed by atoms with Crippen molar-refractivity contribution in [3.05, 3.63) is 47.0 Å². The fraction of sp³-hybridized carbons (Fsp3) is 0.409. The van der Waals surface area contributed by atoms with Crippen molar-refractivity contribution in [1.29, 1.82) is 0 Å². The van der Waals surface area contributed by atoms with Gasteiger partial charge < -0.3 is 20.5 Å². The van der Waals surface area contributed by atoms with E-state index in [4.69, 9.17) is 22.1 Å². The summed E-state index contributed by atoms with van der Waals surface area (Å²) in [6.07, 6.45) is 3.54. The molecule has 7 nitrogen and oxygen atoms in total. The van der Waals surface area contributed by atoms with E-state index in [0.717, 1.165) is 18.5 Å². The molecule has 0 aliphatic carbocycles. The van der Waals surface area contributed by atoms with Crippen LogP contribution in [0.5, 0.6) is 5.75 Å². The lowest BCUT2D eigenvalue weighted by molar-refractivity contribution is 0.0800. The van der Waals surface area contributed by atoms with E-state index >= 15 is 0 Å². The number of fused-ring (bicyclic) bond motifs is 1. The van der Waals surface area contributed by atoms with Gasteiger partial charge in [0.05, 0.1) is 22.3 Å². The topological polar surface area (TPSA) is 97.4 Å². The van der Waals surface area contributed by atoms with Crippen LogP contribution in [0.15, 0.2) is 30.5 Å². The van der Waals surface area contributed by atoms with E-state index in [2.05, 4.69) is 19.9 Å². The number of nitrogens with zero attached hydrogens (tertiary/aromatic N) is 4. The predicted octanol–water partition coefficient (Wildman–Crippen LogP) is 3.76. The van der Waals surface area contributed by atoms with Crippen molar-refractivity contribution < 1.29 is 14.2 Å². The van der Waals surface area contributed by atoms with Crippen molar-refractivity contribution in [1.82, 2.24) is 15.0 Å². The highest BCUT2D eigenvalue weighted by Crippen LogP contribution is 2.30. The molecule has 1 aromatic carbocycles. The molecule has 0 amide bonds. The van der Waals surface area contributed by atoms with E-state index in [1.807, 2.05) is 6.07 Å². The number of rotatable bonds is 5. The van der Waals surface area contributed by atoms with Crippen LogP contribution >= 0.6 is 11.6 Å². The smallest absolute Gasteiger partial charge is 0.172 e. The molecular formula is C22H25ClFN5O2. The van der Waals surface area contributed by atoms with Gasteiger partial charge in [0.1, 0.15) is 23.2 Å². The number of ether oxygens (including phenoxy) is 1. The molecular weight excluding hydrogens is 421 g/mol. The number of nitrogens with two attached hydrogens (primary N) is 1. The van der Waals surface area contributed by atoms with Gasteiger partial charge in [0.2, 0.25) is 0 Å². The quantitative estimate of drug-likeness (QED) is 0.617. The lowest BCUT2D eigenvalue weighted by Gasteiger charge is -2.33. The van der Waals surface area contributed by atoms with E-state index in [1.54, 1.807) is 26.1 Å². The van der Waals surface area contributed by atoms with Gasteiger partial charge in [-0.2, -0.15) is 0 Å². The average molecular weight is 446 g/mol. The third-order valence-corrected chi connectivity index (χ3v) is 5.45. The van der Waals surface area contributed by atoms with Crippen LogP contribution in [0.2, 0.25) is 5.02 Å². The first-order valence-electron chi connectivity index (χ1n) is 10.2. The first-order chi connectivity index (χ1) is 14.7. The molecule has 0 unspecified atom stereocenters. The Morgan fingerprint density at radius 3 is 2.65 bits per heavy atom. The second-order valence-electron chi connectivity index (χ2n) is 8.47. The molecule has 0 saturated carbocycles. The largest absolute Gasteiger partial charge is 0.489 e. The molecule has 3 N–H and O–H groups in total. The summed E-state index contributed by atoms with van der Waals surface area (Å²) >= 11 is 6.07. The molecule has 0 radical (unpaired) electrons. The number of hydrogen-bond donors (Lipinski definition) is 2. The minimum absolute atomic E-state index is 0.0279. The van der Waals surface area contributed by atoms with Crippen LogP contribution < -0.4 is 15.4 Å². The molecule has 3 heterocycles. The molecule has 0 spiro atoms. The Kier molecular flexibility index (Phi) is 5.85.